The van der Waals surface area contributed by atoms with E-state index in [0.29, 0.717) is 5.84 Å². The maximum Gasteiger partial charge on any atom is 0.0965 e. The van der Waals surface area contributed by atoms with Gasteiger partial charge in [0, 0.05) is 25.9 Å². The molecule has 1 aromatic heterocycles. The summed E-state index contributed by atoms with van der Waals surface area (Å²) in [7, 11) is 0. The van der Waals surface area contributed by atoms with Gasteiger partial charge in [-0.05, 0) is 43.3 Å². The molecule has 1 heterocycles. The summed E-state index contributed by atoms with van der Waals surface area (Å²) in [5, 5.41) is 6.04. The van der Waals surface area contributed by atoms with Gasteiger partial charge < -0.3 is 11.1 Å². The second kappa shape index (κ2) is 5.98. The summed E-state index contributed by atoms with van der Waals surface area (Å²) in [6, 6.07) is 22.9. The molecule has 4 aromatic rings. The molecule has 0 spiro atoms. The van der Waals surface area contributed by atoms with Crippen LogP contribution in [0.3, 0.4) is 0 Å². The third kappa shape index (κ3) is 2.72. The number of para-hydroxylation sites is 2. The third-order valence-corrected chi connectivity index (χ3v) is 5.01. The minimum Gasteiger partial charge on any atom is -0.387 e. The first kappa shape index (κ1) is 14.7. The Morgan fingerprint density at radius 2 is 1.67 bits per heavy atom. The Kier molecular flexibility index (Phi) is 3.67. The van der Waals surface area contributed by atoms with Crippen LogP contribution in [0.5, 0.6) is 0 Å². The number of fused-ring (bicyclic) bond motifs is 3. The fraction of sp³-hybridized carbons (Fsp3) is 0.0500. The number of anilines is 2. The van der Waals surface area contributed by atoms with Gasteiger partial charge in [-0.25, -0.2) is 4.99 Å². The molecule has 3 nitrogen and oxygen atoms in total. The second-order valence-electron chi connectivity index (χ2n) is 5.70. The Morgan fingerprint density at radius 1 is 0.917 bits per heavy atom. The van der Waals surface area contributed by atoms with Crippen molar-refractivity contribution in [2.75, 3.05) is 5.32 Å². The molecule has 3 N–H and O–H groups in total. The first-order valence-electron chi connectivity index (χ1n) is 7.79. The summed E-state index contributed by atoms with van der Waals surface area (Å²) in [6.45, 7) is 1.79. The lowest BCUT2D eigenvalue weighted by Crippen LogP contribution is -2.04. The average molecular weight is 331 g/mol. The summed E-state index contributed by atoms with van der Waals surface area (Å²) in [4.78, 5) is 4.39. The van der Waals surface area contributed by atoms with Crippen LogP contribution in [-0.2, 0) is 0 Å². The maximum absolute atomic E-state index is 5.73. The summed E-state index contributed by atoms with van der Waals surface area (Å²) in [5.41, 5.74) is 8.56. The van der Waals surface area contributed by atoms with Gasteiger partial charge in [-0.3, -0.25) is 0 Å². The molecule has 0 aliphatic heterocycles. The number of nitrogens with one attached hydrogen (secondary N) is 1. The Labute approximate surface area is 144 Å². The summed E-state index contributed by atoms with van der Waals surface area (Å²) < 4.78 is 2.61. The molecule has 0 aliphatic rings. The monoisotopic (exact) mass is 331 g/mol. The number of aliphatic imine (C=N–C) groups is 1. The predicted octanol–water partition coefficient (Wildman–Crippen LogP) is 5.81. The van der Waals surface area contributed by atoms with Crippen molar-refractivity contribution < 1.29 is 0 Å². The van der Waals surface area contributed by atoms with Crippen LogP contribution < -0.4 is 11.1 Å². The van der Waals surface area contributed by atoms with Crippen molar-refractivity contribution in [1.82, 2.24) is 0 Å². The largest absolute Gasteiger partial charge is 0.387 e. The number of hydrogen-bond donors (Lipinski definition) is 2. The van der Waals surface area contributed by atoms with Crippen molar-refractivity contribution in [3.63, 3.8) is 0 Å². The number of amidine groups is 1. The topological polar surface area (TPSA) is 50.4 Å². The van der Waals surface area contributed by atoms with Crippen LogP contribution in [0.4, 0.5) is 17.1 Å². The van der Waals surface area contributed by atoms with E-state index in [0.717, 1.165) is 17.1 Å². The molecule has 4 rings (SSSR count). The van der Waals surface area contributed by atoms with Crippen LogP contribution >= 0.6 is 11.3 Å². The molecule has 0 amide bonds. The van der Waals surface area contributed by atoms with Crippen LogP contribution in [0.1, 0.15) is 6.92 Å². The molecule has 24 heavy (non-hydrogen) atoms. The van der Waals surface area contributed by atoms with Crippen molar-refractivity contribution in [3.8, 4) is 0 Å². The van der Waals surface area contributed by atoms with Crippen molar-refractivity contribution in [2.45, 2.75) is 6.92 Å². The van der Waals surface area contributed by atoms with Gasteiger partial charge in [0.15, 0.2) is 0 Å². The Morgan fingerprint density at radius 3 is 2.54 bits per heavy atom. The molecule has 0 saturated carbocycles. The maximum atomic E-state index is 5.73. The van der Waals surface area contributed by atoms with Crippen LogP contribution in [-0.4, -0.2) is 5.84 Å². The van der Waals surface area contributed by atoms with Gasteiger partial charge in [-0.1, -0.05) is 30.3 Å². The molecular formula is C20H17N3S. The molecule has 0 unspecified atom stereocenters. The number of nitrogens with zero attached hydrogens (tertiary/aromatic N) is 1. The fourth-order valence-corrected chi connectivity index (χ4v) is 3.91. The molecule has 0 fully saturated rings. The predicted molar refractivity (Wildman–Crippen MR) is 106 cm³/mol. The Balaban J connectivity index is 1.78. The molecule has 0 aliphatic carbocycles. The highest BCUT2D eigenvalue weighted by molar-refractivity contribution is 7.25. The van der Waals surface area contributed by atoms with E-state index in [1.165, 1.54) is 20.2 Å². The SMILES string of the molecule is CC(N)=Nc1ccccc1Nc1ccc2sc3ccccc3c2c1. The van der Waals surface area contributed by atoms with E-state index in [2.05, 4.69) is 52.8 Å². The highest BCUT2D eigenvalue weighted by Gasteiger charge is 2.06. The van der Waals surface area contributed by atoms with Crippen molar-refractivity contribution in [2.24, 2.45) is 10.7 Å². The van der Waals surface area contributed by atoms with E-state index in [9.17, 15) is 0 Å². The number of rotatable bonds is 3. The summed E-state index contributed by atoms with van der Waals surface area (Å²) in [5.74, 6) is 0.545. The molecule has 0 bridgehead atoms. The smallest absolute Gasteiger partial charge is 0.0965 e. The van der Waals surface area contributed by atoms with Gasteiger partial charge >= 0.3 is 0 Å². The fourth-order valence-electron chi connectivity index (χ4n) is 2.83. The van der Waals surface area contributed by atoms with E-state index in [4.69, 9.17) is 5.73 Å². The molecule has 0 atom stereocenters. The minimum atomic E-state index is 0.545. The lowest BCUT2D eigenvalue weighted by molar-refractivity contribution is 1.43. The van der Waals surface area contributed by atoms with Gasteiger partial charge in [0.2, 0.25) is 0 Å². The zero-order valence-corrected chi connectivity index (χ0v) is 14.1. The van der Waals surface area contributed by atoms with E-state index < -0.39 is 0 Å². The van der Waals surface area contributed by atoms with E-state index >= 15 is 0 Å². The summed E-state index contributed by atoms with van der Waals surface area (Å²) in [6.07, 6.45) is 0. The normalized spacial score (nSPS) is 12.0. The van der Waals surface area contributed by atoms with Gasteiger partial charge in [0.1, 0.15) is 0 Å². The molecule has 118 valence electrons. The number of nitrogens with two attached hydrogens (primary N) is 1. The van der Waals surface area contributed by atoms with Crippen molar-refractivity contribution in [1.29, 1.82) is 0 Å². The minimum absolute atomic E-state index is 0.545. The number of benzene rings is 3. The molecule has 3 aromatic carbocycles. The van der Waals surface area contributed by atoms with Crippen molar-refractivity contribution >= 4 is 54.4 Å². The van der Waals surface area contributed by atoms with Crippen LogP contribution in [0.25, 0.3) is 20.2 Å². The van der Waals surface area contributed by atoms with Crippen LogP contribution in [0.15, 0.2) is 71.7 Å². The first-order valence-corrected chi connectivity index (χ1v) is 8.60. The van der Waals surface area contributed by atoms with E-state index in [-0.39, 0.29) is 0 Å². The van der Waals surface area contributed by atoms with E-state index in [1.807, 2.05) is 35.6 Å². The van der Waals surface area contributed by atoms with Gasteiger partial charge in [0.25, 0.3) is 0 Å². The average Bonchev–Trinajstić information content (AvgIpc) is 2.94. The quantitative estimate of drug-likeness (QED) is 0.368. The molecule has 0 saturated heterocycles. The van der Waals surface area contributed by atoms with Crippen molar-refractivity contribution in [3.05, 3.63) is 66.7 Å². The molecule has 4 heteroatoms. The molecular weight excluding hydrogens is 314 g/mol. The zero-order valence-electron chi connectivity index (χ0n) is 13.3. The zero-order chi connectivity index (χ0) is 16.5. The van der Waals surface area contributed by atoms with Crippen LogP contribution in [0.2, 0.25) is 0 Å². The summed E-state index contributed by atoms with van der Waals surface area (Å²) >= 11 is 1.82. The lowest BCUT2D eigenvalue weighted by Gasteiger charge is -2.10. The number of thiophene rings is 1. The second-order valence-corrected chi connectivity index (χ2v) is 6.79. The lowest BCUT2D eigenvalue weighted by atomic mass is 10.1. The molecule has 0 radical (unpaired) electrons. The standard InChI is InChI=1S/C20H17N3S/c1-13(21)22-17-7-3-4-8-18(17)23-14-10-11-20-16(12-14)15-6-2-5-9-19(15)24-20/h2-12,23H,1H3,(H2,21,22). The van der Waals surface area contributed by atoms with Gasteiger partial charge in [-0.2, -0.15) is 0 Å². The highest BCUT2D eigenvalue weighted by Crippen LogP contribution is 2.36. The number of hydrogen-bond acceptors (Lipinski definition) is 3. The first-order chi connectivity index (χ1) is 11.7. The third-order valence-electron chi connectivity index (χ3n) is 3.86. The van der Waals surface area contributed by atoms with Gasteiger partial charge in [-0.15, -0.1) is 11.3 Å². The van der Waals surface area contributed by atoms with Gasteiger partial charge in [0.05, 0.1) is 17.2 Å². The Bertz CT molecular complexity index is 1060. The highest BCUT2D eigenvalue weighted by atomic mass is 32.1. The van der Waals surface area contributed by atoms with Crippen LogP contribution in [0, 0.1) is 0 Å². The van der Waals surface area contributed by atoms with E-state index in [1.54, 1.807) is 6.92 Å². The Hall–Kier alpha value is -2.85.